The summed E-state index contributed by atoms with van der Waals surface area (Å²) in [5.74, 6) is -1.76. The summed E-state index contributed by atoms with van der Waals surface area (Å²) in [7, 11) is 3.78. The molecular formula is C17H17FN2O3. The van der Waals surface area contributed by atoms with Gasteiger partial charge in [0, 0.05) is 19.8 Å². The van der Waals surface area contributed by atoms with E-state index in [-0.39, 0.29) is 5.69 Å². The fraction of sp³-hybridized carbons (Fsp3) is 0.176. The lowest BCUT2D eigenvalue weighted by atomic mass is 10.2. The molecule has 0 bridgehead atoms. The summed E-state index contributed by atoms with van der Waals surface area (Å²) in [6, 6.07) is 12.5. The van der Waals surface area contributed by atoms with Crippen molar-refractivity contribution in [3.05, 3.63) is 59.9 Å². The molecule has 0 fully saturated rings. The van der Waals surface area contributed by atoms with Crippen LogP contribution in [-0.2, 0) is 9.53 Å². The zero-order chi connectivity index (χ0) is 16.8. The van der Waals surface area contributed by atoms with Crippen molar-refractivity contribution in [3.8, 4) is 0 Å². The van der Waals surface area contributed by atoms with Crippen LogP contribution in [0.4, 0.5) is 15.8 Å². The Labute approximate surface area is 133 Å². The average molecular weight is 316 g/mol. The lowest BCUT2D eigenvalue weighted by Crippen LogP contribution is -2.21. The molecule has 6 heteroatoms. The molecule has 23 heavy (non-hydrogen) atoms. The summed E-state index contributed by atoms with van der Waals surface area (Å²) >= 11 is 0. The third-order valence-electron chi connectivity index (χ3n) is 3.10. The first kappa shape index (κ1) is 16.5. The van der Waals surface area contributed by atoms with Crippen LogP contribution in [0.5, 0.6) is 0 Å². The van der Waals surface area contributed by atoms with Gasteiger partial charge in [-0.1, -0.05) is 12.1 Å². The number of hydrogen-bond acceptors (Lipinski definition) is 4. The monoisotopic (exact) mass is 316 g/mol. The van der Waals surface area contributed by atoms with E-state index in [0.29, 0.717) is 5.56 Å². The third kappa shape index (κ3) is 4.54. The van der Waals surface area contributed by atoms with Crippen molar-refractivity contribution < 1.29 is 18.7 Å². The minimum Gasteiger partial charge on any atom is -0.452 e. The molecular weight excluding hydrogens is 299 g/mol. The SMILES string of the molecule is CN(C)c1ccc(C(=O)OCC(=O)Nc2ccccc2F)cc1. The van der Waals surface area contributed by atoms with E-state index in [1.54, 1.807) is 30.3 Å². The normalized spacial score (nSPS) is 10.0. The number of amides is 1. The molecule has 0 aliphatic rings. The zero-order valence-electron chi connectivity index (χ0n) is 12.9. The molecule has 0 aromatic heterocycles. The van der Waals surface area contributed by atoms with Crippen LogP contribution in [0.15, 0.2) is 48.5 Å². The predicted molar refractivity (Wildman–Crippen MR) is 86.1 cm³/mol. The van der Waals surface area contributed by atoms with Crippen molar-refractivity contribution in [2.45, 2.75) is 0 Å². The van der Waals surface area contributed by atoms with Crippen LogP contribution in [-0.4, -0.2) is 32.6 Å². The minimum absolute atomic E-state index is 0.0453. The number of nitrogens with one attached hydrogen (secondary N) is 1. The van der Waals surface area contributed by atoms with Gasteiger partial charge < -0.3 is 15.0 Å². The molecule has 1 N–H and O–H groups in total. The van der Waals surface area contributed by atoms with E-state index in [1.807, 2.05) is 19.0 Å². The summed E-state index contributed by atoms with van der Waals surface area (Å²) in [4.78, 5) is 25.4. The molecule has 2 aromatic carbocycles. The molecule has 120 valence electrons. The maximum Gasteiger partial charge on any atom is 0.338 e. The summed E-state index contributed by atoms with van der Waals surface area (Å²) in [5, 5.41) is 2.34. The van der Waals surface area contributed by atoms with Crippen LogP contribution in [0.2, 0.25) is 0 Å². The van der Waals surface area contributed by atoms with Crippen LogP contribution in [0.1, 0.15) is 10.4 Å². The molecule has 0 atom stereocenters. The average Bonchev–Trinajstić information content (AvgIpc) is 2.55. The summed E-state index contributed by atoms with van der Waals surface area (Å²) in [6.07, 6.45) is 0. The van der Waals surface area contributed by atoms with E-state index in [0.717, 1.165) is 5.69 Å². The first-order valence-corrected chi connectivity index (χ1v) is 6.96. The van der Waals surface area contributed by atoms with Gasteiger partial charge in [-0.05, 0) is 36.4 Å². The Balaban J connectivity index is 1.88. The molecule has 1 amide bonds. The van der Waals surface area contributed by atoms with Gasteiger partial charge in [-0.3, -0.25) is 4.79 Å². The summed E-state index contributed by atoms with van der Waals surface area (Å²) < 4.78 is 18.3. The van der Waals surface area contributed by atoms with E-state index in [4.69, 9.17) is 4.74 Å². The topological polar surface area (TPSA) is 58.6 Å². The van der Waals surface area contributed by atoms with E-state index in [2.05, 4.69) is 5.32 Å². The third-order valence-corrected chi connectivity index (χ3v) is 3.10. The lowest BCUT2D eigenvalue weighted by Gasteiger charge is -2.12. The quantitative estimate of drug-likeness (QED) is 0.862. The number of halogens is 1. The van der Waals surface area contributed by atoms with Gasteiger partial charge in [-0.15, -0.1) is 0 Å². The Bertz CT molecular complexity index is 699. The number of rotatable bonds is 5. The highest BCUT2D eigenvalue weighted by atomic mass is 19.1. The largest absolute Gasteiger partial charge is 0.452 e. The van der Waals surface area contributed by atoms with Gasteiger partial charge >= 0.3 is 5.97 Å². The van der Waals surface area contributed by atoms with Gasteiger partial charge in [-0.25, -0.2) is 9.18 Å². The molecule has 0 saturated carbocycles. The van der Waals surface area contributed by atoms with E-state index in [1.165, 1.54) is 18.2 Å². The minimum atomic E-state index is -0.612. The maximum absolute atomic E-state index is 13.4. The highest BCUT2D eigenvalue weighted by molar-refractivity contribution is 5.95. The maximum atomic E-state index is 13.4. The second kappa shape index (κ2) is 7.40. The summed E-state index contributed by atoms with van der Waals surface area (Å²) in [6.45, 7) is -0.484. The highest BCUT2D eigenvalue weighted by Crippen LogP contribution is 2.14. The Kier molecular flexibility index (Phi) is 5.30. The second-order valence-electron chi connectivity index (χ2n) is 5.05. The van der Waals surface area contributed by atoms with Gasteiger partial charge in [0.25, 0.3) is 5.91 Å². The number of ether oxygens (including phenoxy) is 1. The second-order valence-corrected chi connectivity index (χ2v) is 5.05. The van der Waals surface area contributed by atoms with Crippen LogP contribution in [0.25, 0.3) is 0 Å². The fourth-order valence-electron chi connectivity index (χ4n) is 1.86. The van der Waals surface area contributed by atoms with E-state index >= 15 is 0 Å². The van der Waals surface area contributed by atoms with Gasteiger partial charge in [0.15, 0.2) is 6.61 Å². The molecule has 0 aliphatic carbocycles. The van der Waals surface area contributed by atoms with Crippen LogP contribution >= 0.6 is 0 Å². The van der Waals surface area contributed by atoms with Crippen molar-refractivity contribution in [2.24, 2.45) is 0 Å². The molecule has 0 radical (unpaired) electrons. The molecule has 5 nitrogen and oxygen atoms in total. The zero-order valence-corrected chi connectivity index (χ0v) is 12.9. The Morgan fingerprint density at radius 1 is 1.09 bits per heavy atom. The molecule has 0 heterocycles. The first-order valence-electron chi connectivity index (χ1n) is 6.96. The number of esters is 1. The summed E-state index contributed by atoms with van der Waals surface area (Å²) in [5.41, 5.74) is 1.33. The molecule has 0 saturated heterocycles. The first-order chi connectivity index (χ1) is 11.0. The predicted octanol–water partition coefficient (Wildman–Crippen LogP) is 2.69. The van der Waals surface area contributed by atoms with Crippen LogP contribution in [0.3, 0.4) is 0 Å². The number of carbonyl (C=O) groups is 2. The Hall–Kier alpha value is -2.89. The smallest absolute Gasteiger partial charge is 0.338 e. The number of hydrogen-bond donors (Lipinski definition) is 1. The van der Waals surface area contributed by atoms with Crippen molar-refractivity contribution in [1.82, 2.24) is 0 Å². The van der Waals surface area contributed by atoms with Gasteiger partial charge in [0.2, 0.25) is 0 Å². The van der Waals surface area contributed by atoms with Crippen LogP contribution in [0, 0.1) is 5.82 Å². The number of benzene rings is 2. The Morgan fingerprint density at radius 3 is 2.35 bits per heavy atom. The number of para-hydroxylation sites is 1. The van der Waals surface area contributed by atoms with Gasteiger partial charge in [0.1, 0.15) is 5.82 Å². The molecule has 2 aromatic rings. The molecule has 2 rings (SSSR count). The molecule has 0 aliphatic heterocycles. The van der Waals surface area contributed by atoms with Crippen molar-refractivity contribution in [3.63, 3.8) is 0 Å². The van der Waals surface area contributed by atoms with E-state index in [9.17, 15) is 14.0 Å². The number of anilines is 2. The molecule has 0 spiro atoms. The van der Waals surface area contributed by atoms with Crippen molar-refractivity contribution >= 4 is 23.3 Å². The van der Waals surface area contributed by atoms with Gasteiger partial charge in [-0.2, -0.15) is 0 Å². The van der Waals surface area contributed by atoms with Gasteiger partial charge in [0.05, 0.1) is 11.3 Å². The highest BCUT2D eigenvalue weighted by Gasteiger charge is 2.11. The van der Waals surface area contributed by atoms with Crippen LogP contribution < -0.4 is 10.2 Å². The fourth-order valence-corrected chi connectivity index (χ4v) is 1.86. The Morgan fingerprint density at radius 2 is 1.74 bits per heavy atom. The molecule has 0 unspecified atom stereocenters. The number of nitrogens with zero attached hydrogens (tertiary/aromatic N) is 1. The number of carbonyl (C=O) groups excluding carboxylic acids is 2. The van der Waals surface area contributed by atoms with E-state index < -0.39 is 24.3 Å². The lowest BCUT2D eigenvalue weighted by molar-refractivity contribution is -0.119. The van der Waals surface area contributed by atoms with Crippen molar-refractivity contribution in [2.75, 3.05) is 30.9 Å². The standard InChI is InChI=1S/C17H17FN2O3/c1-20(2)13-9-7-12(8-10-13)17(22)23-11-16(21)19-15-6-4-3-5-14(15)18/h3-10H,11H2,1-2H3,(H,19,21). The van der Waals surface area contributed by atoms with Crippen molar-refractivity contribution in [1.29, 1.82) is 0 Å².